The second-order valence-corrected chi connectivity index (χ2v) is 13.9. The molecule has 0 aliphatic heterocycles. The third-order valence-corrected chi connectivity index (χ3v) is 11.4. The molecule has 0 unspecified atom stereocenters. The quantitative estimate of drug-likeness (QED) is 0.162. The van der Waals surface area contributed by atoms with E-state index >= 15 is 0 Å². The first kappa shape index (κ1) is 56.7. The number of carbonyl (C=O) groups is 1. The predicted molar refractivity (Wildman–Crippen MR) is 207 cm³/mol. The fourth-order valence-corrected chi connectivity index (χ4v) is 4.34. The molecular weight excluding hydrogens is 746 g/mol. The van der Waals surface area contributed by atoms with Crippen LogP contribution in [0.1, 0.15) is 93.4 Å². The van der Waals surface area contributed by atoms with E-state index in [1.54, 1.807) is 12.1 Å². The van der Waals surface area contributed by atoms with Gasteiger partial charge >= 0.3 is 0 Å². The van der Waals surface area contributed by atoms with Crippen molar-refractivity contribution in [2.45, 2.75) is 83.1 Å². The molecule has 288 valence electrons. The summed E-state index contributed by atoms with van der Waals surface area (Å²) < 4.78 is 9.84. The number of nitrogens with zero attached hydrogens (tertiary/aromatic N) is 4. The molecule has 0 radical (unpaired) electrons. The van der Waals surface area contributed by atoms with Crippen molar-refractivity contribution in [2.24, 2.45) is 0 Å². The number of carboxylic acids is 1. The van der Waals surface area contributed by atoms with Crippen LogP contribution in [0.4, 0.5) is 0 Å². The lowest BCUT2D eigenvalue weighted by Crippen LogP contribution is -2.56. The van der Waals surface area contributed by atoms with E-state index in [0.717, 1.165) is 0 Å². The molecular formula is C35H75BClIN4O6. The van der Waals surface area contributed by atoms with Gasteiger partial charge in [0.2, 0.25) is 0 Å². The molecule has 1 rings (SSSR count). The van der Waals surface area contributed by atoms with Gasteiger partial charge < -0.3 is 47.2 Å². The number of benzene rings is 1. The van der Waals surface area contributed by atoms with E-state index in [0.29, 0.717) is 3.57 Å². The standard InChI is InChI=1S/C7H4ClIO3.4C7H18N.BO3/c8-12-6-4(7(10)11)2-1-3-5(6)9;4*1-5-8(4,6-2)7-3;2-1(3)4/h1-3H,(H,10,11);4*5-7H2,1-4H3;/q;4*+1;-3/p-1. The maximum Gasteiger partial charge on any atom is 0.168 e. The van der Waals surface area contributed by atoms with E-state index in [1.165, 1.54) is 103 Å². The van der Waals surface area contributed by atoms with Crippen molar-refractivity contribution in [3.63, 3.8) is 0 Å². The van der Waals surface area contributed by atoms with Crippen molar-refractivity contribution in [1.82, 2.24) is 0 Å². The summed E-state index contributed by atoms with van der Waals surface area (Å²) in [5.41, 5.74) is -0.0445. The first-order chi connectivity index (χ1) is 22.1. The minimum atomic E-state index is -2.92. The highest BCUT2D eigenvalue weighted by Gasteiger charge is 2.13. The highest BCUT2D eigenvalue weighted by Crippen LogP contribution is 2.25. The van der Waals surface area contributed by atoms with Gasteiger partial charge in [0.25, 0.3) is 0 Å². The summed E-state index contributed by atoms with van der Waals surface area (Å²) >= 11 is 7.00. The molecule has 1 aromatic carbocycles. The normalized spacial score (nSPS) is 10.9. The van der Waals surface area contributed by atoms with Crippen LogP contribution in [0.3, 0.4) is 0 Å². The van der Waals surface area contributed by atoms with Crippen LogP contribution in [0.25, 0.3) is 0 Å². The summed E-state index contributed by atoms with van der Waals surface area (Å²) in [6.07, 6.45) is 0. The first-order valence-electron chi connectivity index (χ1n) is 17.7. The van der Waals surface area contributed by atoms with Crippen LogP contribution in [0, 0.1) is 3.57 Å². The smallest absolute Gasteiger partial charge is 0.168 e. The molecule has 0 fully saturated rings. The van der Waals surface area contributed by atoms with Crippen molar-refractivity contribution in [1.29, 1.82) is 0 Å². The Labute approximate surface area is 316 Å². The van der Waals surface area contributed by atoms with Crippen molar-refractivity contribution in [2.75, 3.05) is 107 Å². The number of para-hydroxylation sites is 1. The number of carboxylic acid groups (broad SMARTS) is 1. The second kappa shape index (κ2) is 32.2. The van der Waals surface area contributed by atoms with Gasteiger partial charge in [-0.1, -0.05) is 6.07 Å². The summed E-state index contributed by atoms with van der Waals surface area (Å²) in [6.45, 7) is 42.0. The van der Waals surface area contributed by atoms with E-state index in [-0.39, 0.29) is 11.3 Å². The summed E-state index contributed by atoms with van der Waals surface area (Å²) in [6, 6.07) is 4.65. The molecule has 0 saturated heterocycles. The molecule has 0 bridgehead atoms. The molecule has 0 saturated carbocycles. The summed E-state index contributed by atoms with van der Waals surface area (Å²) in [4.78, 5) is 10.5. The lowest BCUT2D eigenvalue weighted by Gasteiger charge is -2.35. The molecule has 0 aliphatic carbocycles. The van der Waals surface area contributed by atoms with Crippen LogP contribution in [-0.2, 0) is 0 Å². The number of hydrogen-bond donors (Lipinski definition) is 0. The van der Waals surface area contributed by atoms with Gasteiger partial charge in [0.05, 0.1) is 116 Å². The molecule has 13 heteroatoms. The fourth-order valence-electron chi connectivity index (χ4n) is 3.43. The fraction of sp³-hybridized carbons (Fsp3) is 0.800. The Morgan fingerprint density at radius 2 is 0.812 bits per heavy atom. The van der Waals surface area contributed by atoms with Crippen LogP contribution >= 0.6 is 34.5 Å². The minimum absolute atomic E-state index is 0.0445. The molecule has 0 aliphatic rings. The van der Waals surface area contributed by atoms with Crippen molar-refractivity contribution >= 4 is 47.7 Å². The molecule has 0 atom stereocenters. The SMILES string of the molecule is CC[N+](C)(CC)CC.CC[N+](C)(CC)CC.CC[N+](C)(CC)CC.CC[N+](C)(CC)CC.O=C([O-])c1cccc(I)c1OCl.[O-]B([O-])[O-]. The van der Waals surface area contributed by atoms with Gasteiger partial charge in [-0.25, -0.2) is 0 Å². The van der Waals surface area contributed by atoms with Crippen molar-refractivity contribution in [3.8, 4) is 5.75 Å². The minimum Gasteiger partial charge on any atom is -0.907 e. The lowest BCUT2D eigenvalue weighted by atomic mass is 10.2. The molecule has 48 heavy (non-hydrogen) atoms. The van der Waals surface area contributed by atoms with Gasteiger partial charge in [0.15, 0.2) is 5.75 Å². The average Bonchev–Trinajstić information content (AvgIpc) is 3.10. The van der Waals surface area contributed by atoms with Gasteiger partial charge in [-0.15, -0.1) is 0 Å². The highest BCUT2D eigenvalue weighted by atomic mass is 127. The molecule has 0 amide bonds. The first-order valence-corrected chi connectivity index (χ1v) is 19.1. The monoisotopic (exact) mass is 820 g/mol. The zero-order valence-corrected chi connectivity index (χ0v) is 36.7. The van der Waals surface area contributed by atoms with E-state index in [2.05, 4.69) is 116 Å². The maximum atomic E-state index is 10.5. The van der Waals surface area contributed by atoms with Gasteiger partial charge in [-0.2, -0.15) is 0 Å². The number of rotatable bonds is 14. The zero-order chi connectivity index (χ0) is 39.2. The van der Waals surface area contributed by atoms with Gasteiger partial charge in [-0.3, -0.25) is 7.32 Å². The summed E-state index contributed by atoms with van der Waals surface area (Å²) in [5, 5.41) is 35.7. The molecule has 10 nitrogen and oxygen atoms in total. The largest absolute Gasteiger partial charge is 0.907 e. The highest BCUT2D eigenvalue weighted by molar-refractivity contribution is 14.1. The number of quaternary nitrogens is 4. The van der Waals surface area contributed by atoms with Crippen LogP contribution in [-0.4, -0.2) is 138 Å². The topological polar surface area (TPSA) is 119 Å². The summed E-state index contributed by atoms with van der Waals surface area (Å²) in [7, 11) is 6.25. The molecule has 0 spiro atoms. The van der Waals surface area contributed by atoms with E-state index in [1.807, 2.05) is 22.6 Å². The van der Waals surface area contributed by atoms with Gasteiger partial charge in [-0.05, 0) is 118 Å². The molecule has 0 N–H and O–H groups in total. The number of halogens is 2. The Morgan fingerprint density at radius 3 is 0.917 bits per heavy atom. The zero-order valence-electron chi connectivity index (χ0n) is 33.8. The Bertz CT molecular complexity index is 779. The second-order valence-electron chi connectivity index (χ2n) is 12.5. The molecule has 1 aromatic rings. The van der Waals surface area contributed by atoms with Crippen LogP contribution < -0.4 is 24.5 Å². The van der Waals surface area contributed by atoms with E-state index in [4.69, 9.17) is 26.9 Å². The third kappa shape index (κ3) is 29.1. The number of aromatic carboxylic acids is 1. The molecule has 0 heterocycles. The number of carbonyl (C=O) groups excluding carboxylic acids is 1. The average molecular weight is 821 g/mol. The Hall–Kier alpha value is -0.705. The maximum absolute atomic E-state index is 10.5. The number of hydrogen-bond acceptors (Lipinski definition) is 6. The molecule has 0 aromatic heterocycles. The van der Waals surface area contributed by atoms with Crippen LogP contribution in [0.15, 0.2) is 18.2 Å². The van der Waals surface area contributed by atoms with Crippen LogP contribution in [0.5, 0.6) is 5.75 Å². The Morgan fingerprint density at radius 1 is 0.604 bits per heavy atom. The third-order valence-electron chi connectivity index (χ3n) is 10.4. The van der Waals surface area contributed by atoms with E-state index < -0.39 is 13.3 Å². The van der Waals surface area contributed by atoms with Gasteiger partial charge in [0.1, 0.15) is 11.9 Å². The predicted octanol–water partition coefficient (Wildman–Crippen LogP) is 3.21. The van der Waals surface area contributed by atoms with Crippen molar-refractivity contribution in [3.05, 3.63) is 27.3 Å². The lowest BCUT2D eigenvalue weighted by molar-refractivity contribution is -0.904. The van der Waals surface area contributed by atoms with Crippen molar-refractivity contribution < 1.29 is 47.2 Å². The van der Waals surface area contributed by atoms with Gasteiger partial charge in [0, 0.05) is 5.56 Å². The van der Waals surface area contributed by atoms with Crippen LogP contribution in [0.2, 0.25) is 0 Å². The van der Waals surface area contributed by atoms with E-state index in [9.17, 15) is 9.90 Å². The Balaban J connectivity index is -0.000000158. The summed E-state index contributed by atoms with van der Waals surface area (Å²) in [5.74, 6) is -1.18. The Kier molecular flexibility index (Phi) is 38.0.